The van der Waals surface area contributed by atoms with Crippen molar-refractivity contribution in [2.75, 3.05) is 0 Å². The van der Waals surface area contributed by atoms with Crippen LogP contribution in [0.5, 0.6) is 0 Å². The number of carbonyl (C=O) groups excluding carboxylic acids is 1. The standard InChI is InChI=1S/C12H16N2O3S/c1-6-5-13-11(18-6)12(2,3)14-9(15)7-4-8(7)10(16)17/h5,7-8H,4H2,1-3H3,(H,14,15)(H,16,17). The highest BCUT2D eigenvalue weighted by Crippen LogP contribution is 2.39. The van der Waals surface area contributed by atoms with Crippen LogP contribution in [0.4, 0.5) is 0 Å². The Labute approximate surface area is 109 Å². The average Bonchev–Trinajstić information content (AvgIpc) is 2.94. The minimum absolute atomic E-state index is 0.194. The fraction of sp³-hybridized carbons (Fsp3) is 0.583. The molecule has 2 N–H and O–H groups in total. The Kier molecular flexibility index (Phi) is 3.14. The highest BCUT2D eigenvalue weighted by Gasteiger charge is 2.49. The molecule has 6 heteroatoms. The highest BCUT2D eigenvalue weighted by atomic mass is 32.1. The molecule has 2 rings (SSSR count). The van der Waals surface area contributed by atoms with E-state index in [0.717, 1.165) is 9.88 Å². The molecule has 1 aromatic rings. The molecule has 0 saturated heterocycles. The molecule has 1 amide bonds. The Morgan fingerprint density at radius 2 is 2.17 bits per heavy atom. The molecule has 0 aromatic carbocycles. The van der Waals surface area contributed by atoms with Crippen molar-refractivity contribution in [1.29, 1.82) is 0 Å². The molecular formula is C12H16N2O3S. The van der Waals surface area contributed by atoms with E-state index in [2.05, 4.69) is 10.3 Å². The number of nitrogens with one attached hydrogen (secondary N) is 1. The van der Waals surface area contributed by atoms with Crippen molar-refractivity contribution in [3.8, 4) is 0 Å². The number of nitrogens with zero attached hydrogens (tertiary/aromatic N) is 1. The Balaban J connectivity index is 2.01. The number of thiazole rings is 1. The number of hydrogen-bond acceptors (Lipinski definition) is 4. The van der Waals surface area contributed by atoms with Gasteiger partial charge in [-0.3, -0.25) is 9.59 Å². The van der Waals surface area contributed by atoms with Crippen molar-refractivity contribution in [3.05, 3.63) is 16.1 Å². The first-order chi connectivity index (χ1) is 8.31. The normalized spacial score (nSPS) is 22.6. The van der Waals surface area contributed by atoms with Gasteiger partial charge in [0.25, 0.3) is 0 Å². The summed E-state index contributed by atoms with van der Waals surface area (Å²) in [5.74, 6) is -1.99. The first-order valence-corrected chi connectivity index (χ1v) is 6.60. The van der Waals surface area contributed by atoms with E-state index in [1.54, 1.807) is 6.20 Å². The van der Waals surface area contributed by atoms with Crippen LogP contribution in [-0.4, -0.2) is 22.0 Å². The Morgan fingerprint density at radius 1 is 1.50 bits per heavy atom. The number of aliphatic carboxylic acids is 1. The quantitative estimate of drug-likeness (QED) is 0.867. The third-order valence-electron chi connectivity index (χ3n) is 3.04. The van der Waals surface area contributed by atoms with Gasteiger partial charge in [-0.15, -0.1) is 11.3 Å². The largest absolute Gasteiger partial charge is 0.481 e. The molecule has 1 saturated carbocycles. The molecule has 1 aromatic heterocycles. The van der Waals surface area contributed by atoms with Crippen molar-refractivity contribution in [3.63, 3.8) is 0 Å². The van der Waals surface area contributed by atoms with E-state index in [-0.39, 0.29) is 11.8 Å². The minimum Gasteiger partial charge on any atom is -0.481 e. The molecule has 0 spiro atoms. The maximum Gasteiger partial charge on any atom is 0.307 e. The summed E-state index contributed by atoms with van der Waals surface area (Å²) in [5, 5.41) is 12.5. The van der Waals surface area contributed by atoms with Gasteiger partial charge in [0, 0.05) is 11.1 Å². The summed E-state index contributed by atoms with van der Waals surface area (Å²) in [6.45, 7) is 5.71. The lowest BCUT2D eigenvalue weighted by Gasteiger charge is -2.23. The van der Waals surface area contributed by atoms with Gasteiger partial charge in [0.1, 0.15) is 5.01 Å². The first kappa shape index (κ1) is 13.0. The van der Waals surface area contributed by atoms with Crippen molar-refractivity contribution < 1.29 is 14.7 Å². The van der Waals surface area contributed by atoms with Crippen molar-refractivity contribution >= 4 is 23.2 Å². The molecule has 98 valence electrons. The summed E-state index contributed by atoms with van der Waals surface area (Å²) in [7, 11) is 0. The summed E-state index contributed by atoms with van der Waals surface area (Å²) < 4.78 is 0. The SMILES string of the molecule is Cc1cnc(C(C)(C)NC(=O)C2CC2C(=O)O)s1. The second-order valence-corrected chi connectivity index (χ2v) is 6.41. The topological polar surface area (TPSA) is 79.3 Å². The number of hydrogen-bond donors (Lipinski definition) is 2. The summed E-state index contributed by atoms with van der Waals surface area (Å²) in [6.07, 6.45) is 2.21. The average molecular weight is 268 g/mol. The van der Waals surface area contributed by atoms with Crippen LogP contribution < -0.4 is 5.32 Å². The summed E-state index contributed by atoms with van der Waals surface area (Å²) >= 11 is 1.53. The summed E-state index contributed by atoms with van der Waals surface area (Å²) in [6, 6.07) is 0. The van der Waals surface area contributed by atoms with Crippen molar-refractivity contribution in [2.45, 2.75) is 32.7 Å². The molecule has 18 heavy (non-hydrogen) atoms. The maximum absolute atomic E-state index is 11.9. The van der Waals surface area contributed by atoms with Crippen LogP contribution in [-0.2, 0) is 15.1 Å². The first-order valence-electron chi connectivity index (χ1n) is 5.79. The highest BCUT2D eigenvalue weighted by molar-refractivity contribution is 7.11. The van der Waals surface area contributed by atoms with Crippen LogP contribution in [0.3, 0.4) is 0 Å². The molecule has 2 atom stereocenters. The predicted octanol–water partition coefficient (Wildman–Crippen LogP) is 1.52. The second-order valence-electron chi connectivity index (χ2n) is 5.18. The van der Waals surface area contributed by atoms with E-state index in [0.29, 0.717) is 6.42 Å². The van der Waals surface area contributed by atoms with Crippen molar-refractivity contribution in [2.24, 2.45) is 11.8 Å². The third kappa shape index (κ3) is 2.53. The minimum atomic E-state index is -0.891. The lowest BCUT2D eigenvalue weighted by atomic mass is 10.1. The summed E-state index contributed by atoms with van der Waals surface area (Å²) in [4.78, 5) is 28.0. The van der Waals surface area contributed by atoms with Gasteiger partial charge in [-0.2, -0.15) is 0 Å². The van der Waals surface area contributed by atoms with Crippen LogP contribution in [0.25, 0.3) is 0 Å². The van der Waals surface area contributed by atoms with Crippen LogP contribution >= 0.6 is 11.3 Å². The lowest BCUT2D eigenvalue weighted by molar-refractivity contribution is -0.140. The van der Waals surface area contributed by atoms with Crippen LogP contribution in [0.2, 0.25) is 0 Å². The molecule has 0 aliphatic heterocycles. The molecule has 5 nitrogen and oxygen atoms in total. The number of amides is 1. The van der Waals surface area contributed by atoms with Crippen LogP contribution in [0.1, 0.15) is 30.2 Å². The molecular weight excluding hydrogens is 252 g/mol. The van der Waals surface area contributed by atoms with Gasteiger partial charge in [-0.25, -0.2) is 4.98 Å². The third-order valence-corrected chi connectivity index (χ3v) is 4.27. The Bertz CT molecular complexity index is 495. The smallest absolute Gasteiger partial charge is 0.307 e. The summed E-state index contributed by atoms with van der Waals surface area (Å²) in [5.41, 5.74) is -0.554. The second kappa shape index (κ2) is 4.35. The Hall–Kier alpha value is -1.43. The van der Waals surface area contributed by atoms with Crippen LogP contribution in [0, 0.1) is 18.8 Å². The van der Waals surface area contributed by atoms with E-state index >= 15 is 0 Å². The molecule has 1 aliphatic carbocycles. The number of carbonyl (C=O) groups is 2. The van der Waals surface area contributed by atoms with E-state index in [1.165, 1.54) is 11.3 Å². The van der Waals surface area contributed by atoms with Gasteiger partial charge >= 0.3 is 5.97 Å². The monoisotopic (exact) mass is 268 g/mol. The van der Waals surface area contributed by atoms with Gasteiger partial charge in [0.05, 0.1) is 17.4 Å². The molecule has 1 heterocycles. The number of carboxylic acids is 1. The van der Waals surface area contributed by atoms with Crippen molar-refractivity contribution in [1.82, 2.24) is 10.3 Å². The van der Waals surface area contributed by atoms with Gasteiger partial charge in [0.15, 0.2) is 0 Å². The molecule has 0 radical (unpaired) electrons. The number of aromatic nitrogens is 1. The van der Waals surface area contributed by atoms with E-state index < -0.39 is 17.4 Å². The molecule has 0 bridgehead atoms. The lowest BCUT2D eigenvalue weighted by Crippen LogP contribution is -2.42. The fourth-order valence-electron chi connectivity index (χ4n) is 1.86. The number of aryl methyl sites for hydroxylation is 1. The van der Waals surface area contributed by atoms with E-state index in [9.17, 15) is 9.59 Å². The van der Waals surface area contributed by atoms with Gasteiger partial charge in [-0.1, -0.05) is 0 Å². The number of carboxylic acid groups (broad SMARTS) is 1. The van der Waals surface area contributed by atoms with Gasteiger partial charge < -0.3 is 10.4 Å². The molecule has 1 aliphatic rings. The maximum atomic E-state index is 11.9. The van der Waals surface area contributed by atoms with E-state index in [1.807, 2.05) is 20.8 Å². The van der Waals surface area contributed by atoms with Gasteiger partial charge in [-0.05, 0) is 27.2 Å². The number of rotatable bonds is 4. The predicted molar refractivity (Wildman–Crippen MR) is 67.3 cm³/mol. The zero-order valence-electron chi connectivity index (χ0n) is 10.6. The zero-order valence-corrected chi connectivity index (χ0v) is 11.4. The Morgan fingerprint density at radius 3 is 2.61 bits per heavy atom. The molecule has 1 fully saturated rings. The van der Waals surface area contributed by atoms with E-state index in [4.69, 9.17) is 5.11 Å². The van der Waals surface area contributed by atoms with Crippen LogP contribution in [0.15, 0.2) is 6.20 Å². The fourth-order valence-corrected chi connectivity index (χ4v) is 2.68. The zero-order chi connectivity index (χ0) is 13.5. The molecule has 2 unspecified atom stereocenters. The van der Waals surface area contributed by atoms with Gasteiger partial charge in [0.2, 0.25) is 5.91 Å².